The summed E-state index contributed by atoms with van der Waals surface area (Å²) < 4.78 is 37.1. The predicted octanol–water partition coefficient (Wildman–Crippen LogP) is 5.55. The summed E-state index contributed by atoms with van der Waals surface area (Å²) in [5, 5.41) is 3.09. The zero-order chi connectivity index (χ0) is 27.9. The van der Waals surface area contributed by atoms with Crippen molar-refractivity contribution < 1.29 is 17.9 Å². The molecule has 0 spiro atoms. The minimum absolute atomic E-state index is 0.0549. The third-order valence-electron chi connectivity index (χ3n) is 7.56. The Kier molecular flexibility index (Phi) is 8.18. The van der Waals surface area contributed by atoms with E-state index in [9.17, 15) is 13.2 Å². The molecule has 1 saturated heterocycles. The molecule has 1 saturated carbocycles. The van der Waals surface area contributed by atoms with Crippen LogP contribution in [-0.2, 0) is 26.7 Å². The quantitative estimate of drug-likeness (QED) is 0.479. The van der Waals surface area contributed by atoms with Gasteiger partial charge in [0.15, 0.2) is 0 Å². The molecule has 4 rings (SSSR count). The van der Waals surface area contributed by atoms with Gasteiger partial charge in [-0.25, -0.2) is 13.1 Å². The molecule has 38 heavy (non-hydrogen) atoms. The number of benzene rings is 1. The number of sulfonamides is 1. The molecule has 2 fully saturated rings. The Bertz CT molecular complexity index is 1270. The highest BCUT2D eigenvalue weighted by atomic mass is 32.2. The first kappa shape index (κ1) is 28.8. The molecule has 0 unspecified atom stereocenters. The Balaban J connectivity index is 1.80. The Morgan fingerprint density at radius 3 is 2.24 bits per heavy atom. The smallest absolute Gasteiger partial charge is 0.253 e. The van der Waals surface area contributed by atoms with E-state index in [-0.39, 0.29) is 11.9 Å². The fourth-order valence-electron chi connectivity index (χ4n) is 5.53. The topological polar surface area (TPSA) is 89.4 Å². The van der Waals surface area contributed by atoms with E-state index < -0.39 is 21.0 Å². The van der Waals surface area contributed by atoms with Crippen molar-refractivity contribution in [2.75, 3.05) is 13.2 Å². The molecule has 1 aliphatic carbocycles. The summed E-state index contributed by atoms with van der Waals surface area (Å²) >= 11 is 0. The maximum atomic E-state index is 13.4. The average molecular weight is 544 g/mol. The highest BCUT2D eigenvalue weighted by Gasteiger charge is 2.31. The van der Waals surface area contributed by atoms with Crippen molar-refractivity contribution >= 4 is 15.9 Å². The Morgan fingerprint density at radius 1 is 1.03 bits per heavy atom. The average Bonchev–Trinajstić information content (AvgIpc) is 3.10. The van der Waals surface area contributed by atoms with Gasteiger partial charge in [-0.3, -0.25) is 4.79 Å². The van der Waals surface area contributed by atoms with Crippen molar-refractivity contribution in [2.45, 2.75) is 109 Å². The van der Waals surface area contributed by atoms with Crippen molar-refractivity contribution in [3.63, 3.8) is 0 Å². The van der Waals surface area contributed by atoms with E-state index in [4.69, 9.17) is 4.74 Å². The van der Waals surface area contributed by atoms with Crippen LogP contribution in [0.3, 0.4) is 0 Å². The van der Waals surface area contributed by atoms with Crippen molar-refractivity contribution in [1.29, 1.82) is 0 Å². The summed E-state index contributed by atoms with van der Waals surface area (Å²) in [6.07, 6.45) is 6.17. The van der Waals surface area contributed by atoms with Gasteiger partial charge < -0.3 is 14.6 Å². The number of amides is 1. The van der Waals surface area contributed by atoms with E-state index >= 15 is 0 Å². The molecule has 2 N–H and O–H groups in total. The van der Waals surface area contributed by atoms with E-state index in [0.717, 1.165) is 29.1 Å². The van der Waals surface area contributed by atoms with Gasteiger partial charge in [0, 0.05) is 23.5 Å². The number of carbonyl (C=O) groups is 1. The van der Waals surface area contributed by atoms with Gasteiger partial charge in [-0.05, 0) is 81.2 Å². The van der Waals surface area contributed by atoms with Crippen molar-refractivity contribution in [3.8, 4) is 11.3 Å². The first-order valence-corrected chi connectivity index (χ1v) is 15.4. The summed E-state index contributed by atoms with van der Waals surface area (Å²) in [6, 6.07) is 7.66. The maximum Gasteiger partial charge on any atom is 0.253 e. The minimum Gasteiger partial charge on any atom is -0.377 e. The number of aromatic nitrogens is 1. The zero-order valence-electron chi connectivity index (χ0n) is 24.1. The van der Waals surface area contributed by atoms with Gasteiger partial charge in [0.1, 0.15) is 0 Å². The number of nitrogens with one attached hydrogen (secondary N) is 2. The number of hydrogen-bond acceptors (Lipinski definition) is 4. The van der Waals surface area contributed by atoms with Crippen LogP contribution in [0.25, 0.3) is 11.3 Å². The second-order valence-electron chi connectivity index (χ2n) is 13.2. The van der Waals surface area contributed by atoms with Crippen LogP contribution in [0.4, 0.5) is 0 Å². The predicted molar refractivity (Wildman–Crippen MR) is 152 cm³/mol. The minimum atomic E-state index is -3.72. The molecule has 210 valence electrons. The molecule has 2 aliphatic rings. The van der Waals surface area contributed by atoms with Gasteiger partial charge >= 0.3 is 0 Å². The maximum absolute atomic E-state index is 13.4. The molecule has 0 bridgehead atoms. The molecule has 1 amide bonds. The molecule has 0 radical (unpaired) electrons. The van der Waals surface area contributed by atoms with E-state index in [1.165, 1.54) is 32.1 Å². The lowest BCUT2D eigenvalue weighted by Gasteiger charge is -2.27. The molecule has 1 aromatic carbocycles. The molecule has 1 aliphatic heterocycles. The van der Waals surface area contributed by atoms with E-state index in [2.05, 4.69) is 14.6 Å². The van der Waals surface area contributed by atoms with Crippen LogP contribution < -0.4 is 10.0 Å². The van der Waals surface area contributed by atoms with E-state index in [1.54, 1.807) is 6.07 Å². The second-order valence-corrected chi connectivity index (χ2v) is 14.8. The highest BCUT2D eigenvalue weighted by molar-refractivity contribution is 7.89. The van der Waals surface area contributed by atoms with E-state index in [0.29, 0.717) is 29.6 Å². The fourth-order valence-corrected chi connectivity index (χ4v) is 7.35. The lowest BCUT2D eigenvalue weighted by atomic mass is 9.85. The van der Waals surface area contributed by atoms with Crippen LogP contribution in [0.1, 0.15) is 95.3 Å². The number of rotatable bonds is 7. The number of carbonyl (C=O) groups excluding carboxylic acids is 1. The Labute approximate surface area is 228 Å². The zero-order valence-corrected chi connectivity index (χ0v) is 24.9. The summed E-state index contributed by atoms with van der Waals surface area (Å²) in [4.78, 5) is 13.5. The van der Waals surface area contributed by atoms with Gasteiger partial charge in [-0.15, -0.1) is 0 Å². The summed E-state index contributed by atoms with van der Waals surface area (Å²) in [7, 11) is -3.72. The number of hydrogen-bond donors (Lipinski definition) is 2. The second kappa shape index (κ2) is 10.8. The van der Waals surface area contributed by atoms with Crippen LogP contribution in [0.15, 0.2) is 29.2 Å². The molecule has 2 heterocycles. The lowest BCUT2D eigenvalue weighted by molar-refractivity contribution is -0.00347. The van der Waals surface area contributed by atoms with Gasteiger partial charge in [0.25, 0.3) is 5.91 Å². The molecule has 1 aromatic heterocycles. The Morgan fingerprint density at radius 2 is 1.68 bits per heavy atom. The van der Waals surface area contributed by atoms with Crippen LogP contribution in [-0.4, -0.2) is 43.7 Å². The fraction of sp³-hybridized carbons (Fsp3) is 0.633. The monoisotopic (exact) mass is 543 g/mol. The van der Waals surface area contributed by atoms with Gasteiger partial charge in [-0.1, -0.05) is 46.1 Å². The van der Waals surface area contributed by atoms with Gasteiger partial charge in [-0.2, -0.15) is 0 Å². The first-order chi connectivity index (χ1) is 17.7. The van der Waals surface area contributed by atoms with Gasteiger partial charge in [0.2, 0.25) is 10.0 Å². The number of nitrogens with zero attached hydrogens (tertiary/aromatic N) is 1. The van der Waals surface area contributed by atoms with Crippen molar-refractivity contribution in [3.05, 3.63) is 41.1 Å². The SMILES string of the molecule is Cc1c(C(=O)NC2COC2)cc(-c2ccc(S(=O)(=O)NC(C)(C)C)c(C(C)(C)C)c2)n1CC1CCCCC1. The molecule has 0 atom stereocenters. The van der Waals surface area contributed by atoms with E-state index in [1.807, 2.05) is 66.7 Å². The normalized spacial score (nSPS) is 17.9. The molecule has 8 heteroatoms. The standard InChI is InChI=1S/C30H45N3O4S/c1-20-24(28(34)31-23-18-37-19-23)16-26(33(20)17-21-11-9-8-10-12-21)22-13-14-27(25(15-22)29(2,3)4)38(35,36)32-30(5,6)7/h13-16,21,23,32H,8-12,17-19H2,1-7H3,(H,31,34). The summed E-state index contributed by atoms with van der Waals surface area (Å²) in [5.41, 5.74) is 3.27. The molecule has 2 aromatic rings. The van der Waals surface area contributed by atoms with Crippen LogP contribution in [0, 0.1) is 12.8 Å². The molecule has 7 nitrogen and oxygen atoms in total. The highest BCUT2D eigenvalue weighted by Crippen LogP contribution is 2.36. The van der Waals surface area contributed by atoms with Crippen LogP contribution in [0.2, 0.25) is 0 Å². The summed E-state index contributed by atoms with van der Waals surface area (Å²) in [5.74, 6) is 0.492. The molecular formula is C30H45N3O4S. The Hall–Kier alpha value is -2.16. The van der Waals surface area contributed by atoms with Gasteiger partial charge in [0.05, 0.1) is 29.7 Å². The third kappa shape index (κ3) is 6.52. The lowest BCUT2D eigenvalue weighted by Crippen LogP contribution is -2.48. The van der Waals surface area contributed by atoms with Crippen LogP contribution >= 0.6 is 0 Å². The van der Waals surface area contributed by atoms with Crippen molar-refractivity contribution in [1.82, 2.24) is 14.6 Å². The van der Waals surface area contributed by atoms with Crippen LogP contribution in [0.5, 0.6) is 0 Å². The van der Waals surface area contributed by atoms with Crippen molar-refractivity contribution in [2.24, 2.45) is 5.92 Å². The third-order valence-corrected chi connectivity index (χ3v) is 9.38. The first-order valence-electron chi connectivity index (χ1n) is 13.9. The summed E-state index contributed by atoms with van der Waals surface area (Å²) in [6.45, 7) is 15.6. The largest absolute Gasteiger partial charge is 0.377 e. The molecular weight excluding hydrogens is 498 g/mol. The number of ether oxygens (including phenoxy) is 1.